The van der Waals surface area contributed by atoms with Gasteiger partial charge in [-0.15, -0.1) is 0 Å². The molecule has 3 heteroatoms. The van der Waals surface area contributed by atoms with Crippen LogP contribution in [-0.2, 0) is 0 Å². The fourth-order valence-electron chi connectivity index (χ4n) is 0.948. The van der Waals surface area contributed by atoms with Crippen molar-refractivity contribution >= 4 is 11.8 Å². The minimum atomic E-state index is -0.857. The van der Waals surface area contributed by atoms with Crippen molar-refractivity contribution in [2.75, 3.05) is 12.4 Å². The van der Waals surface area contributed by atoms with Gasteiger partial charge in [-0.3, -0.25) is 0 Å². The minimum Gasteiger partial charge on any atom is -0.388 e. The molecule has 0 bridgehead atoms. The molecule has 0 amide bonds. The topological polar surface area (TPSA) is 12.0 Å². The van der Waals surface area contributed by atoms with Crippen LogP contribution in [0.1, 0.15) is 5.56 Å². The second-order valence-electron chi connectivity index (χ2n) is 2.31. The molecule has 1 N–H and O–H groups in total. The number of anilines is 1. The van der Waals surface area contributed by atoms with Gasteiger partial charge in [0.15, 0.2) is 11.6 Å². The third-order valence-corrected chi connectivity index (χ3v) is 1.58. The second kappa shape index (κ2) is 3.34. The summed E-state index contributed by atoms with van der Waals surface area (Å²) in [4.78, 5) is 0. The molecule has 0 aliphatic rings. The molecular formula is C9H9F2N. The van der Waals surface area contributed by atoms with E-state index in [1.54, 1.807) is 7.05 Å². The Labute approximate surface area is 69.7 Å². The molecule has 1 aromatic rings. The van der Waals surface area contributed by atoms with Gasteiger partial charge >= 0.3 is 0 Å². The zero-order chi connectivity index (χ0) is 9.14. The van der Waals surface area contributed by atoms with Gasteiger partial charge in [-0.25, -0.2) is 8.78 Å². The molecule has 12 heavy (non-hydrogen) atoms. The third kappa shape index (κ3) is 1.44. The Bertz CT molecular complexity index is 308. The van der Waals surface area contributed by atoms with Gasteiger partial charge in [0.1, 0.15) is 0 Å². The first-order valence-corrected chi connectivity index (χ1v) is 3.48. The largest absolute Gasteiger partial charge is 0.388 e. The molecule has 0 heterocycles. The predicted molar refractivity (Wildman–Crippen MR) is 46.0 cm³/mol. The maximum absolute atomic E-state index is 12.6. The van der Waals surface area contributed by atoms with Crippen molar-refractivity contribution in [1.29, 1.82) is 0 Å². The van der Waals surface area contributed by atoms with Crippen LogP contribution in [0.5, 0.6) is 0 Å². The molecule has 64 valence electrons. The second-order valence-corrected chi connectivity index (χ2v) is 2.31. The summed E-state index contributed by atoms with van der Waals surface area (Å²) >= 11 is 0. The lowest BCUT2D eigenvalue weighted by Gasteiger charge is -2.05. The summed E-state index contributed by atoms with van der Waals surface area (Å²) in [6.07, 6.45) is 1.47. The van der Waals surface area contributed by atoms with Crippen molar-refractivity contribution < 1.29 is 8.78 Å². The molecule has 0 aliphatic heterocycles. The van der Waals surface area contributed by atoms with E-state index >= 15 is 0 Å². The first-order chi connectivity index (χ1) is 5.69. The normalized spacial score (nSPS) is 9.58. The van der Waals surface area contributed by atoms with Crippen molar-refractivity contribution in [1.82, 2.24) is 0 Å². The lowest BCUT2D eigenvalue weighted by molar-refractivity contribution is 0.509. The van der Waals surface area contributed by atoms with Gasteiger partial charge < -0.3 is 5.32 Å². The Balaban J connectivity index is 3.28. The van der Waals surface area contributed by atoms with E-state index in [0.29, 0.717) is 11.3 Å². The molecular weight excluding hydrogens is 160 g/mol. The quantitative estimate of drug-likeness (QED) is 0.717. The molecule has 0 radical (unpaired) electrons. The standard InChI is InChI=1S/C9H9F2N/c1-3-6-4-7(10)8(11)5-9(6)12-2/h3-5,12H,1H2,2H3. The first-order valence-electron chi connectivity index (χ1n) is 3.48. The average molecular weight is 169 g/mol. The number of benzene rings is 1. The Morgan fingerprint density at radius 2 is 1.92 bits per heavy atom. The van der Waals surface area contributed by atoms with Crippen molar-refractivity contribution in [2.24, 2.45) is 0 Å². The van der Waals surface area contributed by atoms with Crippen LogP contribution in [0.3, 0.4) is 0 Å². The monoisotopic (exact) mass is 169 g/mol. The number of nitrogens with one attached hydrogen (secondary N) is 1. The van der Waals surface area contributed by atoms with Gasteiger partial charge in [0.2, 0.25) is 0 Å². The molecule has 0 unspecified atom stereocenters. The molecule has 0 saturated heterocycles. The van der Waals surface area contributed by atoms with Crippen LogP contribution in [0, 0.1) is 11.6 Å². The highest BCUT2D eigenvalue weighted by Crippen LogP contribution is 2.20. The Morgan fingerprint density at radius 1 is 1.33 bits per heavy atom. The van der Waals surface area contributed by atoms with Crippen LogP contribution >= 0.6 is 0 Å². The van der Waals surface area contributed by atoms with Crippen LogP contribution < -0.4 is 5.32 Å². The first kappa shape index (κ1) is 8.71. The maximum Gasteiger partial charge on any atom is 0.160 e. The van der Waals surface area contributed by atoms with E-state index in [4.69, 9.17) is 0 Å². The van der Waals surface area contributed by atoms with E-state index in [9.17, 15) is 8.78 Å². The van der Waals surface area contributed by atoms with Crippen LogP contribution in [0.15, 0.2) is 18.7 Å². The minimum absolute atomic E-state index is 0.531. The Morgan fingerprint density at radius 3 is 2.42 bits per heavy atom. The summed E-state index contributed by atoms with van der Waals surface area (Å²) in [5, 5.41) is 2.74. The van der Waals surface area contributed by atoms with Gasteiger partial charge in [0.25, 0.3) is 0 Å². The third-order valence-electron chi connectivity index (χ3n) is 1.58. The van der Waals surface area contributed by atoms with E-state index in [2.05, 4.69) is 11.9 Å². The fraction of sp³-hybridized carbons (Fsp3) is 0.111. The van der Waals surface area contributed by atoms with Gasteiger partial charge in [0, 0.05) is 24.4 Å². The summed E-state index contributed by atoms with van der Waals surface area (Å²) in [6, 6.07) is 2.21. The van der Waals surface area contributed by atoms with Crippen molar-refractivity contribution in [2.45, 2.75) is 0 Å². The SMILES string of the molecule is C=Cc1cc(F)c(F)cc1NC. The van der Waals surface area contributed by atoms with Crippen molar-refractivity contribution in [3.8, 4) is 0 Å². The van der Waals surface area contributed by atoms with Crippen molar-refractivity contribution in [3.05, 3.63) is 35.9 Å². The Hall–Kier alpha value is -1.38. The summed E-state index contributed by atoms with van der Waals surface area (Å²) in [7, 11) is 1.64. The van der Waals surface area contributed by atoms with E-state index < -0.39 is 11.6 Å². The zero-order valence-corrected chi connectivity index (χ0v) is 6.70. The van der Waals surface area contributed by atoms with Crippen LogP contribution in [0.4, 0.5) is 14.5 Å². The fourth-order valence-corrected chi connectivity index (χ4v) is 0.948. The molecule has 1 aromatic carbocycles. The Kier molecular flexibility index (Phi) is 2.43. The highest BCUT2D eigenvalue weighted by molar-refractivity contribution is 5.65. The van der Waals surface area contributed by atoms with E-state index in [1.807, 2.05) is 0 Å². The molecule has 1 rings (SSSR count). The number of hydrogen-bond donors (Lipinski definition) is 1. The lowest BCUT2D eigenvalue weighted by atomic mass is 10.1. The van der Waals surface area contributed by atoms with E-state index in [-0.39, 0.29) is 0 Å². The smallest absolute Gasteiger partial charge is 0.160 e. The van der Waals surface area contributed by atoms with Crippen LogP contribution in [0.25, 0.3) is 6.08 Å². The van der Waals surface area contributed by atoms with Crippen molar-refractivity contribution in [3.63, 3.8) is 0 Å². The summed E-state index contributed by atoms with van der Waals surface area (Å²) in [5.41, 5.74) is 1.08. The molecule has 0 atom stereocenters. The summed E-state index contributed by atoms with van der Waals surface area (Å²) in [6.45, 7) is 3.48. The molecule has 0 fully saturated rings. The number of halogens is 2. The van der Waals surface area contributed by atoms with E-state index in [1.165, 1.54) is 6.08 Å². The average Bonchev–Trinajstić information content (AvgIpc) is 2.09. The molecule has 0 saturated carbocycles. The number of rotatable bonds is 2. The van der Waals surface area contributed by atoms with Gasteiger partial charge in [-0.05, 0) is 6.07 Å². The predicted octanol–water partition coefficient (Wildman–Crippen LogP) is 2.65. The molecule has 1 nitrogen and oxygen atoms in total. The lowest BCUT2D eigenvalue weighted by Crippen LogP contribution is -1.95. The highest BCUT2D eigenvalue weighted by atomic mass is 19.2. The number of hydrogen-bond acceptors (Lipinski definition) is 1. The maximum atomic E-state index is 12.6. The summed E-state index contributed by atoms with van der Waals surface area (Å²) < 4.78 is 25.3. The zero-order valence-electron chi connectivity index (χ0n) is 6.70. The summed E-state index contributed by atoms with van der Waals surface area (Å²) in [5.74, 6) is -1.71. The van der Waals surface area contributed by atoms with Gasteiger partial charge in [-0.2, -0.15) is 0 Å². The van der Waals surface area contributed by atoms with Gasteiger partial charge in [-0.1, -0.05) is 12.7 Å². The highest BCUT2D eigenvalue weighted by Gasteiger charge is 2.05. The van der Waals surface area contributed by atoms with E-state index in [0.717, 1.165) is 12.1 Å². The molecule has 0 spiro atoms. The van der Waals surface area contributed by atoms with Crippen LogP contribution in [0.2, 0.25) is 0 Å². The molecule has 0 aliphatic carbocycles. The van der Waals surface area contributed by atoms with Gasteiger partial charge in [0.05, 0.1) is 0 Å². The molecule has 0 aromatic heterocycles. The van der Waals surface area contributed by atoms with Crippen LogP contribution in [-0.4, -0.2) is 7.05 Å².